The van der Waals surface area contributed by atoms with Crippen molar-refractivity contribution in [3.63, 3.8) is 0 Å². The molecule has 4 heteroatoms. The van der Waals surface area contributed by atoms with Crippen LogP contribution < -0.4 is 0 Å². The molecule has 4 rings (SSSR count). The monoisotopic (exact) mass is 307 g/mol. The molecule has 1 amide bonds. The molecule has 0 N–H and O–H groups in total. The van der Waals surface area contributed by atoms with E-state index in [1.54, 1.807) is 12.4 Å². The van der Waals surface area contributed by atoms with Gasteiger partial charge in [0.05, 0.1) is 11.1 Å². The molecule has 0 radical (unpaired) electrons. The summed E-state index contributed by atoms with van der Waals surface area (Å²) in [5, 5.41) is 0. The fraction of sp³-hybridized carbons (Fsp3) is 0.421. The lowest BCUT2D eigenvalue weighted by Gasteiger charge is -2.35. The van der Waals surface area contributed by atoms with Crippen LogP contribution in [0.5, 0.6) is 0 Å². The number of carbonyl (C=O) groups excluding carboxylic acids is 1. The van der Waals surface area contributed by atoms with Crippen molar-refractivity contribution in [2.75, 3.05) is 13.1 Å². The standard InChI is InChI=1S/C19H21N3O/c23-18(19(8-9-19)16-6-2-1-3-7-16)22-12-4-5-15(14-22)17-13-20-10-11-21-17/h1-3,6-7,10-11,13,15H,4-5,8-9,12,14H2/t15-/m1/s1. The number of likely N-dealkylation sites (tertiary alicyclic amines) is 1. The SMILES string of the molecule is O=C(N1CCC[C@@H](c2cnccn2)C1)C1(c2ccccc2)CC1. The number of hydrogen-bond acceptors (Lipinski definition) is 3. The molecule has 2 aliphatic rings. The number of rotatable bonds is 3. The Bertz CT molecular complexity index is 682. The average molecular weight is 307 g/mol. The molecule has 1 aliphatic carbocycles. The number of carbonyl (C=O) groups is 1. The van der Waals surface area contributed by atoms with Crippen molar-refractivity contribution in [3.05, 3.63) is 60.2 Å². The highest BCUT2D eigenvalue weighted by molar-refractivity contribution is 5.91. The van der Waals surface area contributed by atoms with E-state index in [-0.39, 0.29) is 5.41 Å². The van der Waals surface area contributed by atoms with Crippen LogP contribution in [-0.4, -0.2) is 33.9 Å². The Morgan fingerprint density at radius 3 is 2.70 bits per heavy atom. The zero-order valence-corrected chi connectivity index (χ0v) is 13.2. The Morgan fingerprint density at radius 1 is 1.17 bits per heavy atom. The Kier molecular flexibility index (Phi) is 3.60. The van der Waals surface area contributed by atoms with E-state index in [2.05, 4.69) is 27.0 Å². The molecule has 1 saturated heterocycles. The Morgan fingerprint density at radius 2 is 2.00 bits per heavy atom. The molecule has 0 spiro atoms. The number of aromatic nitrogens is 2. The third-order valence-corrected chi connectivity index (χ3v) is 5.20. The van der Waals surface area contributed by atoms with Gasteiger partial charge in [-0.15, -0.1) is 0 Å². The van der Waals surface area contributed by atoms with Crippen molar-refractivity contribution in [3.8, 4) is 0 Å². The summed E-state index contributed by atoms with van der Waals surface area (Å²) in [6.07, 6.45) is 9.35. The molecule has 1 aromatic heterocycles. The first-order valence-corrected chi connectivity index (χ1v) is 8.40. The highest BCUT2D eigenvalue weighted by Gasteiger charge is 2.53. The van der Waals surface area contributed by atoms with E-state index in [4.69, 9.17) is 0 Å². The zero-order chi connectivity index (χ0) is 15.7. The fourth-order valence-electron chi connectivity index (χ4n) is 3.74. The number of piperidine rings is 1. The molecule has 4 nitrogen and oxygen atoms in total. The third-order valence-electron chi connectivity index (χ3n) is 5.20. The van der Waals surface area contributed by atoms with Gasteiger partial charge in [0, 0.05) is 37.6 Å². The second-order valence-electron chi connectivity index (χ2n) is 6.67. The number of hydrogen-bond donors (Lipinski definition) is 0. The van der Waals surface area contributed by atoms with Gasteiger partial charge in [0.15, 0.2) is 0 Å². The molecule has 1 saturated carbocycles. The molecule has 1 aromatic carbocycles. The third kappa shape index (κ3) is 2.62. The van der Waals surface area contributed by atoms with Crippen molar-refractivity contribution in [1.29, 1.82) is 0 Å². The van der Waals surface area contributed by atoms with E-state index >= 15 is 0 Å². The molecule has 1 atom stereocenters. The maximum atomic E-state index is 13.1. The summed E-state index contributed by atoms with van der Waals surface area (Å²) in [6, 6.07) is 10.3. The van der Waals surface area contributed by atoms with Crippen LogP contribution in [0.4, 0.5) is 0 Å². The van der Waals surface area contributed by atoms with Gasteiger partial charge in [-0.25, -0.2) is 0 Å². The van der Waals surface area contributed by atoms with Crippen LogP contribution in [0, 0.1) is 0 Å². The number of benzene rings is 1. The molecular formula is C19H21N3O. The smallest absolute Gasteiger partial charge is 0.233 e. The minimum atomic E-state index is -0.258. The van der Waals surface area contributed by atoms with Gasteiger partial charge in [0.25, 0.3) is 0 Å². The first kappa shape index (κ1) is 14.4. The van der Waals surface area contributed by atoms with Crippen molar-refractivity contribution < 1.29 is 4.79 Å². The quantitative estimate of drug-likeness (QED) is 0.876. The lowest BCUT2D eigenvalue weighted by molar-refractivity contribution is -0.135. The highest BCUT2D eigenvalue weighted by atomic mass is 16.2. The van der Waals surface area contributed by atoms with Crippen LogP contribution in [0.1, 0.15) is 42.9 Å². The zero-order valence-electron chi connectivity index (χ0n) is 13.2. The van der Waals surface area contributed by atoms with Gasteiger partial charge in [-0.3, -0.25) is 14.8 Å². The molecule has 1 aliphatic heterocycles. The topological polar surface area (TPSA) is 46.1 Å². The molecule has 118 valence electrons. The van der Waals surface area contributed by atoms with Crippen LogP contribution in [0.2, 0.25) is 0 Å². The lowest BCUT2D eigenvalue weighted by Crippen LogP contribution is -2.44. The largest absolute Gasteiger partial charge is 0.341 e. The Hall–Kier alpha value is -2.23. The summed E-state index contributed by atoms with van der Waals surface area (Å²) in [5.74, 6) is 0.616. The van der Waals surface area contributed by atoms with Crippen molar-refractivity contribution in [1.82, 2.24) is 14.9 Å². The van der Waals surface area contributed by atoms with Crippen LogP contribution in [0.25, 0.3) is 0 Å². The van der Waals surface area contributed by atoms with Gasteiger partial charge in [0.2, 0.25) is 5.91 Å². The second kappa shape index (κ2) is 5.76. The molecule has 0 unspecified atom stereocenters. The first-order chi connectivity index (χ1) is 11.3. The van der Waals surface area contributed by atoms with Gasteiger partial charge < -0.3 is 4.90 Å². The van der Waals surface area contributed by atoms with Crippen LogP contribution in [-0.2, 0) is 10.2 Å². The van der Waals surface area contributed by atoms with Gasteiger partial charge >= 0.3 is 0 Å². The normalized spacial score (nSPS) is 22.6. The van der Waals surface area contributed by atoms with Gasteiger partial charge in [-0.05, 0) is 31.2 Å². The van der Waals surface area contributed by atoms with Crippen LogP contribution in [0.3, 0.4) is 0 Å². The average Bonchev–Trinajstić information content (AvgIpc) is 3.45. The maximum absolute atomic E-state index is 13.1. The van der Waals surface area contributed by atoms with Gasteiger partial charge in [0.1, 0.15) is 0 Å². The second-order valence-corrected chi connectivity index (χ2v) is 6.67. The first-order valence-electron chi connectivity index (χ1n) is 8.40. The summed E-state index contributed by atoms with van der Waals surface area (Å²) in [6.45, 7) is 1.64. The predicted octanol–water partition coefficient (Wildman–Crippen LogP) is 2.91. The maximum Gasteiger partial charge on any atom is 0.233 e. The van der Waals surface area contributed by atoms with Gasteiger partial charge in [-0.2, -0.15) is 0 Å². The molecule has 0 bridgehead atoms. The summed E-state index contributed by atoms with van der Waals surface area (Å²) in [4.78, 5) is 23.8. The number of nitrogens with zero attached hydrogens (tertiary/aromatic N) is 3. The predicted molar refractivity (Wildman–Crippen MR) is 87.9 cm³/mol. The molecular weight excluding hydrogens is 286 g/mol. The summed E-state index contributed by atoms with van der Waals surface area (Å²) >= 11 is 0. The van der Waals surface area contributed by atoms with Crippen LogP contribution >= 0.6 is 0 Å². The van der Waals surface area contributed by atoms with Crippen molar-refractivity contribution in [2.45, 2.75) is 37.0 Å². The molecule has 2 heterocycles. The van der Waals surface area contributed by atoms with Crippen LogP contribution in [0.15, 0.2) is 48.9 Å². The van der Waals surface area contributed by atoms with E-state index in [9.17, 15) is 4.79 Å². The van der Waals surface area contributed by atoms with Crippen molar-refractivity contribution in [2.24, 2.45) is 0 Å². The highest BCUT2D eigenvalue weighted by Crippen LogP contribution is 2.50. The van der Waals surface area contributed by atoms with E-state index < -0.39 is 0 Å². The summed E-state index contributed by atoms with van der Waals surface area (Å²) in [7, 11) is 0. The Labute approximate surface area is 136 Å². The minimum Gasteiger partial charge on any atom is -0.341 e. The molecule has 2 fully saturated rings. The van der Waals surface area contributed by atoms with Gasteiger partial charge in [-0.1, -0.05) is 30.3 Å². The fourth-order valence-corrected chi connectivity index (χ4v) is 3.74. The van der Waals surface area contributed by atoms with Crippen molar-refractivity contribution >= 4 is 5.91 Å². The number of amides is 1. The summed E-state index contributed by atoms with van der Waals surface area (Å²) < 4.78 is 0. The molecule has 23 heavy (non-hydrogen) atoms. The van der Waals surface area contributed by atoms with E-state index in [0.29, 0.717) is 11.8 Å². The van der Waals surface area contributed by atoms with E-state index in [0.717, 1.165) is 44.5 Å². The Balaban J connectivity index is 1.53. The summed E-state index contributed by atoms with van der Waals surface area (Å²) in [5.41, 5.74) is 1.92. The van der Waals surface area contributed by atoms with E-state index in [1.807, 2.05) is 24.4 Å². The minimum absolute atomic E-state index is 0.258. The van der Waals surface area contributed by atoms with E-state index in [1.165, 1.54) is 5.56 Å². The molecule has 2 aromatic rings. The lowest BCUT2D eigenvalue weighted by atomic mass is 9.90.